The standard InChI is InChI=1S/C19H30N4O3.HI/c1-14(2)12-23-6-9-24-16(13-23)11-21-19(20)22-15-4-5-17-18(10-15)26-8-3-7-25-17;/h4-5,10,14,16H,3,6-9,11-13H2,1-2H3,(H3,20,21,22);1H. The molecule has 0 saturated carbocycles. The number of nitrogens with two attached hydrogens (primary N) is 1. The van der Waals surface area contributed by atoms with E-state index in [0.717, 1.165) is 49.8 Å². The van der Waals surface area contributed by atoms with Crippen molar-refractivity contribution in [3.8, 4) is 11.5 Å². The van der Waals surface area contributed by atoms with E-state index in [9.17, 15) is 0 Å². The molecule has 0 bridgehead atoms. The van der Waals surface area contributed by atoms with Crippen molar-refractivity contribution >= 4 is 35.6 Å². The van der Waals surface area contributed by atoms with Gasteiger partial charge < -0.3 is 25.3 Å². The van der Waals surface area contributed by atoms with Gasteiger partial charge in [-0.25, -0.2) is 0 Å². The number of nitrogens with one attached hydrogen (secondary N) is 1. The van der Waals surface area contributed by atoms with Crippen LogP contribution in [0.25, 0.3) is 0 Å². The number of hydrogen-bond acceptors (Lipinski definition) is 5. The molecule has 1 aromatic carbocycles. The second-order valence-corrected chi connectivity index (χ2v) is 7.21. The van der Waals surface area contributed by atoms with Gasteiger partial charge in [0.25, 0.3) is 0 Å². The SMILES string of the molecule is CC(C)CN1CCOC(CN=C(N)Nc2ccc3c(c2)OCCCO3)C1.I. The number of hydrogen-bond donors (Lipinski definition) is 2. The van der Waals surface area contributed by atoms with Crippen LogP contribution in [0.3, 0.4) is 0 Å². The van der Waals surface area contributed by atoms with Crippen LogP contribution in [0.1, 0.15) is 20.3 Å². The van der Waals surface area contributed by atoms with Crippen LogP contribution >= 0.6 is 24.0 Å². The molecule has 1 saturated heterocycles. The Morgan fingerprint density at radius 3 is 2.81 bits per heavy atom. The van der Waals surface area contributed by atoms with E-state index in [1.54, 1.807) is 0 Å². The van der Waals surface area contributed by atoms with Crippen LogP contribution in [0.15, 0.2) is 23.2 Å². The number of anilines is 1. The number of halogens is 1. The molecule has 7 nitrogen and oxygen atoms in total. The number of nitrogens with zero attached hydrogens (tertiary/aromatic N) is 2. The largest absolute Gasteiger partial charge is 0.490 e. The fourth-order valence-corrected chi connectivity index (χ4v) is 3.20. The zero-order valence-corrected chi connectivity index (χ0v) is 18.5. The molecular formula is C19H31IN4O3. The fourth-order valence-electron chi connectivity index (χ4n) is 3.20. The van der Waals surface area contributed by atoms with Crippen molar-refractivity contribution in [2.75, 3.05) is 51.3 Å². The van der Waals surface area contributed by atoms with Crippen molar-refractivity contribution in [1.82, 2.24) is 4.90 Å². The Morgan fingerprint density at radius 1 is 1.26 bits per heavy atom. The molecule has 2 aliphatic heterocycles. The molecule has 2 aliphatic rings. The quantitative estimate of drug-likeness (QED) is 0.375. The number of aliphatic imine (C=N–C) groups is 1. The second kappa shape index (κ2) is 10.9. The third-order valence-electron chi connectivity index (χ3n) is 4.33. The molecule has 8 heteroatoms. The van der Waals surface area contributed by atoms with E-state index in [4.69, 9.17) is 19.9 Å². The minimum Gasteiger partial charge on any atom is -0.490 e. The van der Waals surface area contributed by atoms with Crippen LogP contribution in [-0.4, -0.2) is 63.0 Å². The molecule has 1 unspecified atom stereocenters. The molecule has 1 fully saturated rings. The van der Waals surface area contributed by atoms with E-state index in [1.807, 2.05) is 18.2 Å². The highest BCUT2D eigenvalue weighted by Gasteiger charge is 2.20. The van der Waals surface area contributed by atoms with Crippen LogP contribution in [0, 0.1) is 5.92 Å². The van der Waals surface area contributed by atoms with Gasteiger partial charge in [0, 0.05) is 37.8 Å². The Bertz CT molecular complexity index is 627. The van der Waals surface area contributed by atoms with E-state index in [-0.39, 0.29) is 30.1 Å². The molecule has 3 rings (SSSR count). The number of ether oxygens (including phenoxy) is 3. The molecule has 1 atom stereocenters. The predicted octanol–water partition coefficient (Wildman–Crippen LogP) is 2.55. The van der Waals surface area contributed by atoms with Crippen LogP contribution in [0.5, 0.6) is 11.5 Å². The van der Waals surface area contributed by atoms with Crippen molar-refractivity contribution in [1.29, 1.82) is 0 Å². The molecule has 1 aromatic rings. The summed E-state index contributed by atoms with van der Waals surface area (Å²) in [7, 11) is 0. The molecule has 0 aromatic heterocycles. The molecule has 0 amide bonds. The summed E-state index contributed by atoms with van der Waals surface area (Å²) >= 11 is 0. The Kier molecular flexibility index (Phi) is 8.91. The summed E-state index contributed by atoms with van der Waals surface area (Å²) in [6.45, 7) is 10.1. The van der Waals surface area contributed by atoms with Crippen LogP contribution in [-0.2, 0) is 4.74 Å². The maximum absolute atomic E-state index is 6.04. The summed E-state index contributed by atoms with van der Waals surface area (Å²) < 4.78 is 17.1. The Balaban J connectivity index is 0.00000261. The zero-order valence-electron chi connectivity index (χ0n) is 16.1. The molecule has 27 heavy (non-hydrogen) atoms. The maximum atomic E-state index is 6.04. The summed E-state index contributed by atoms with van der Waals surface area (Å²) in [5, 5.41) is 3.12. The second-order valence-electron chi connectivity index (χ2n) is 7.21. The summed E-state index contributed by atoms with van der Waals surface area (Å²) in [4.78, 5) is 6.88. The third kappa shape index (κ3) is 7.00. The fraction of sp³-hybridized carbons (Fsp3) is 0.632. The van der Waals surface area contributed by atoms with Gasteiger partial charge in [0.05, 0.1) is 32.5 Å². The molecule has 3 N–H and O–H groups in total. The van der Waals surface area contributed by atoms with E-state index in [1.165, 1.54) is 0 Å². The maximum Gasteiger partial charge on any atom is 0.193 e. The lowest BCUT2D eigenvalue weighted by Gasteiger charge is -2.33. The smallest absolute Gasteiger partial charge is 0.193 e. The number of rotatable bonds is 5. The van der Waals surface area contributed by atoms with Crippen molar-refractivity contribution in [3.05, 3.63) is 18.2 Å². The lowest BCUT2D eigenvalue weighted by molar-refractivity contribution is -0.0261. The van der Waals surface area contributed by atoms with Gasteiger partial charge in [-0.05, 0) is 18.1 Å². The summed E-state index contributed by atoms with van der Waals surface area (Å²) in [5.74, 6) is 2.54. The van der Waals surface area contributed by atoms with Crippen LogP contribution in [0.4, 0.5) is 5.69 Å². The van der Waals surface area contributed by atoms with Gasteiger partial charge in [-0.15, -0.1) is 24.0 Å². The third-order valence-corrected chi connectivity index (χ3v) is 4.33. The normalized spacial score (nSPS) is 20.7. The topological polar surface area (TPSA) is 81.3 Å². The first-order valence-electron chi connectivity index (χ1n) is 9.40. The van der Waals surface area contributed by atoms with Gasteiger partial charge in [0.1, 0.15) is 0 Å². The lowest BCUT2D eigenvalue weighted by Crippen LogP contribution is -2.45. The van der Waals surface area contributed by atoms with Gasteiger partial charge in [-0.2, -0.15) is 0 Å². The average Bonchev–Trinajstić information content (AvgIpc) is 2.85. The number of benzene rings is 1. The Morgan fingerprint density at radius 2 is 2.04 bits per heavy atom. The van der Waals surface area contributed by atoms with Gasteiger partial charge in [0.2, 0.25) is 0 Å². The van der Waals surface area contributed by atoms with Gasteiger partial charge in [0.15, 0.2) is 17.5 Å². The lowest BCUT2D eigenvalue weighted by atomic mass is 10.2. The van der Waals surface area contributed by atoms with E-state index in [0.29, 0.717) is 31.6 Å². The Labute approximate surface area is 178 Å². The first kappa shape index (κ1) is 22.0. The summed E-state index contributed by atoms with van der Waals surface area (Å²) in [6.07, 6.45) is 0.975. The number of fused-ring (bicyclic) bond motifs is 1. The monoisotopic (exact) mass is 490 g/mol. The van der Waals surface area contributed by atoms with E-state index < -0.39 is 0 Å². The summed E-state index contributed by atoms with van der Waals surface area (Å²) in [6, 6.07) is 5.70. The zero-order chi connectivity index (χ0) is 18.4. The minimum atomic E-state index is 0. The molecule has 152 valence electrons. The van der Waals surface area contributed by atoms with Gasteiger partial charge in [-0.1, -0.05) is 13.8 Å². The first-order chi connectivity index (χ1) is 12.6. The average molecular weight is 490 g/mol. The highest BCUT2D eigenvalue weighted by molar-refractivity contribution is 14.0. The minimum absolute atomic E-state index is 0. The Hall–Kier alpha value is -1.26. The van der Waals surface area contributed by atoms with Gasteiger partial charge in [-0.3, -0.25) is 9.89 Å². The van der Waals surface area contributed by atoms with Crippen LogP contribution < -0.4 is 20.5 Å². The predicted molar refractivity (Wildman–Crippen MR) is 119 cm³/mol. The number of guanidine groups is 1. The molecule has 2 heterocycles. The van der Waals surface area contributed by atoms with Crippen LogP contribution in [0.2, 0.25) is 0 Å². The molecule has 0 radical (unpaired) electrons. The van der Waals surface area contributed by atoms with Crippen molar-refractivity contribution in [3.63, 3.8) is 0 Å². The molecular weight excluding hydrogens is 459 g/mol. The molecule has 0 aliphatic carbocycles. The van der Waals surface area contributed by atoms with Crippen molar-refractivity contribution < 1.29 is 14.2 Å². The number of morpholine rings is 1. The first-order valence-corrected chi connectivity index (χ1v) is 9.40. The molecule has 0 spiro atoms. The highest BCUT2D eigenvalue weighted by Crippen LogP contribution is 2.32. The van der Waals surface area contributed by atoms with E-state index >= 15 is 0 Å². The van der Waals surface area contributed by atoms with Gasteiger partial charge >= 0.3 is 0 Å². The van der Waals surface area contributed by atoms with Crippen molar-refractivity contribution in [2.24, 2.45) is 16.6 Å². The van der Waals surface area contributed by atoms with E-state index in [2.05, 4.69) is 29.1 Å². The summed E-state index contributed by atoms with van der Waals surface area (Å²) in [5.41, 5.74) is 6.88. The van der Waals surface area contributed by atoms with Crippen molar-refractivity contribution in [2.45, 2.75) is 26.4 Å². The highest BCUT2D eigenvalue weighted by atomic mass is 127.